The topological polar surface area (TPSA) is 124 Å². The van der Waals surface area contributed by atoms with Gasteiger partial charge in [0.25, 0.3) is 5.91 Å². The summed E-state index contributed by atoms with van der Waals surface area (Å²) in [5.74, 6) is -1.60. The number of nitrogens with one attached hydrogen (secondary N) is 1. The molecule has 5 aromatic rings. The molecular weight excluding hydrogens is 680 g/mol. The number of alkyl halides is 3. The van der Waals surface area contributed by atoms with Gasteiger partial charge in [-0.15, -0.1) is 0 Å². The van der Waals surface area contributed by atoms with E-state index in [0.29, 0.717) is 46.5 Å². The Bertz CT molecular complexity index is 2160. The summed E-state index contributed by atoms with van der Waals surface area (Å²) in [6, 6.07) is 26.2. The molecule has 3 unspecified atom stereocenters. The normalized spacial score (nSPS) is 17.3. The standard InChI is InChI=1S/C39H36F3N2O6P/c1-24-21-30(19-20-44(24)35(45)18-15-25-13-16-29(17-14-25)39(40,41)42)43-38(47)34-23-28-9-3-2-8-27(28)22-33(34)36(46)37(51(48,49)50)32-12-6-10-26-7-4-5-11-31(26)32/h2-14,16-17,22-24,30,37H,15,18-21H2,1H3,(H,43,47)(H2,48,49,50). The van der Waals surface area contributed by atoms with Crippen molar-refractivity contribution in [1.82, 2.24) is 10.2 Å². The van der Waals surface area contributed by atoms with Crippen molar-refractivity contribution < 1.29 is 41.9 Å². The summed E-state index contributed by atoms with van der Waals surface area (Å²) in [7, 11) is -5.09. The predicted octanol–water partition coefficient (Wildman–Crippen LogP) is 7.86. The maximum atomic E-state index is 14.3. The van der Waals surface area contributed by atoms with E-state index in [1.165, 1.54) is 24.3 Å². The average Bonchev–Trinajstić information content (AvgIpc) is 3.09. The Balaban J connectivity index is 1.20. The lowest BCUT2D eigenvalue weighted by Gasteiger charge is -2.38. The van der Waals surface area contributed by atoms with Crippen molar-refractivity contribution in [3.63, 3.8) is 0 Å². The number of hydrogen-bond donors (Lipinski definition) is 3. The third-order valence-electron chi connectivity index (χ3n) is 9.54. The zero-order chi connectivity index (χ0) is 36.5. The van der Waals surface area contributed by atoms with E-state index in [-0.39, 0.29) is 47.5 Å². The molecule has 8 nitrogen and oxygen atoms in total. The molecule has 12 heteroatoms. The fourth-order valence-electron chi connectivity index (χ4n) is 6.94. The second kappa shape index (κ2) is 14.4. The highest BCUT2D eigenvalue weighted by Gasteiger charge is 2.40. The van der Waals surface area contributed by atoms with E-state index < -0.39 is 36.7 Å². The van der Waals surface area contributed by atoms with E-state index in [1.807, 2.05) is 6.92 Å². The van der Waals surface area contributed by atoms with E-state index in [9.17, 15) is 41.9 Å². The van der Waals surface area contributed by atoms with E-state index in [0.717, 1.165) is 12.1 Å². The first kappa shape index (κ1) is 36.0. The number of ketones is 1. The van der Waals surface area contributed by atoms with Crippen molar-refractivity contribution in [2.24, 2.45) is 0 Å². The van der Waals surface area contributed by atoms with E-state index in [2.05, 4.69) is 5.32 Å². The van der Waals surface area contributed by atoms with Crippen LogP contribution in [0, 0.1) is 0 Å². The van der Waals surface area contributed by atoms with Crippen LogP contribution in [0.25, 0.3) is 21.5 Å². The number of carbonyl (C=O) groups is 3. The van der Waals surface area contributed by atoms with Crippen LogP contribution in [0.15, 0.2) is 103 Å². The molecule has 1 saturated heterocycles. The van der Waals surface area contributed by atoms with Crippen LogP contribution >= 0.6 is 7.60 Å². The van der Waals surface area contributed by atoms with E-state index >= 15 is 0 Å². The molecule has 0 spiro atoms. The predicted molar refractivity (Wildman–Crippen MR) is 188 cm³/mol. The van der Waals surface area contributed by atoms with Gasteiger partial charge in [0.15, 0.2) is 5.78 Å². The van der Waals surface area contributed by atoms with Crippen LogP contribution in [0.3, 0.4) is 0 Å². The van der Waals surface area contributed by atoms with Crippen molar-refractivity contribution in [1.29, 1.82) is 0 Å². The van der Waals surface area contributed by atoms with Gasteiger partial charge in [-0.25, -0.2) is 0 Å². The van der Waals surface area contributed by atoms with Crippen molar-refractivity contribution in [3.05, 3.63) is 131 Å². The Hall–Kier alpha value is -4.83. The number of aryl methyl sites for hydroxylation is 1. The summed E-state index contributed by atoms with van der Waals surface area (Å²) < 4.78 is 51.7. The SMILES string of the molecule is CC1CC(NC(=O)c2cc3ccccc3cc2C(=O)C(c2cccc3ccccc23)P(=O)(O)O)CCN1C(=O)CCc1ccc(C(F)(F)F)cc1. The number of carbonyl (C=O) groups excluding carboxylic acids is 3. The number of piperidine rings is 1. The zero-order valence-electron chi connectivity index (χ0n) is 27.6. The van der Waals surface area contributed by atoms with Crippen molar-refractivity contribution >= 4 is 46.7 Å². The number of fused-ring (bicyclic) bond motifs is 2. The second-order valence-corrected chi connectivity index (χ2v) is 14.7. The monoisotopic (exact) mass is 716 g/mol. The van der Waals surface area contributed by atoms with Crippen LogP contribution < -0.4 is 5.32 Å². The lowest BCUT2D eigenvalue weighted by Crippen LogP contribution is -2.51. The van der Waals surface area contributed by atoms with Gasteiger partial charge in [-0.05, 0) is 83.1 Å². The Kier molecular flexibility index (Phi) is 10.2. The largest absolute Gasteiger partial charge is 0.416 e. The van der Waals surface area contributed by atoms with Gasteiger partial charge in [0.05, 0.1) is 11.1 Å². The molecule has 1 aliphatic rings. The van der Waals surface area contributed by atoms with Gasteiger partial charge in [-0.1, -0.05) is 78.9 Å². The summed E-state index contributed by atoms with van der Waals surface area (Å²) in [5, 5.41) is 5.50. The average molecular weight is 717 g/mol. The Morgan fingerprint density at radius 3 is 2.10 bits per heavy atom. The van der Waals surface area contributed by atoms with Gasteiger partial charge in [-0.3, -0.25) is 18.9 Å². The first-order chi connectivity index (χ1) is 24.2. The fraction of sp³-hybridized carbons (Fsp3) is 0.256. The summed E-state index contributed by atoms with van der Waals surface area (Å²) in [6.45, 7) is 2.19. The maximum Gasteiger partial charge on any atom is 0.416 e. The first-order valence-corrected chi connectivity index (χ1v) is 18.2. The van der Waals surface area contributed by atoms with Crippen LogP contribution in [0.4, 0.5) is 13.2 Å². The van der Waals surface area contributed by atoms with E-state index in [4.69, 9.17) is 0 Å². The van der Waals surface area contributed by atoms with Crippen LogP contribution in [0.5, 0.6) is 0 Å². The van der Waals surface area contributed by atoms with Gasteiger partial charge < -0.3 is 20.0 Å². The van der Waals surface area contributed by atoms with Crippen LogP contribution in [0.1, 0.15) is 69.3 Å². The van der Waals surface area contributed by atoms with Gasteiger partial charge in [-0.2, -0.15) is 13.2 Å². The number of amides is 2. The highest BCUT2D eigenvalue weighted by atomic mass is 31.2. The highest BCUT2D eigenvalue weighted by molar-refractivity contribution is 7.53. The quantitative estimate of drug-likeness (QED) is 0.105. The molecule has 0 saturated carbocycles. The third-order valence-corrected chi connectivity index (χ3v) is 10.7. The van der Waals surface area contributed by atoms with E-state index in [1.54, 1.807) is 71.6 Å². The molecule has 2 amide bonds. The highest BCUT2D eigenvalue weighted by Crippen LogP contribution is 2.55. The summed E-state index contributed by atoms with van der Waals surface area (Å²) >= 11 is 0. The van der Waals surface area contributed by atoms with Crippen molar-refractivity contribution in [2.75, 3.05) is 6.54 Å². The molecule has 0 bridgehead atoms. The number of benzene rings is 5. The molecule has 0 radical (unpaired) electrons. The molecule has 0 aromatic heterocycles. The molecule has 51 heavy (non-hydrogen) atoms. The molecule has 1 fully saturated rings. The maximum absolute atomic E-state index is 14.3. The molecule has 5 aromatic carbocycles. The number of Topliss-reactive ketones (excluding diaryl/α,β-unsaturated/α-hetero) is 1. The van der Waals surface area contributed by atoms with Crippen LogP contribution in [0.2, 0.25) is 0 Å². The lowest BCUT2D eigenvalue weighted by atomic mass is 9.91. The number of likely N-dealkylation sites (tertiary alicyclic amines) is 1. The number of rotatable bonds is 9. The van der Waals surface area contributed by atoms with Crippen LogP contribution in [-0.4, -0.2) is 50.9 Å². The summed E-state index contributed by atoms with van der Waals surface area (Å²) in [4.78, 5) is 64.3. The van der Waals surface area contributed by atoms with Gasteiger partial charge >= 0.3 is 13.8 Å². The Morgan fingerprint density at radius 1 is 0.863 bits per heavy atom. The molecule has 6 rings (SSSR count). The minimum Gasteiger partial charge on any atom is -0.349 e. The molecule has 0 aliphatic carbocycles. The Morgan fingerprint density at radius 2 is 1.47 bits per heavy atom. The smallest absolute Gasteiger partial charge is 0.349 e. The number of halogens is 3. The minimum absolute atomic E-state index is 0.0138. The van der Waals surface area contributed by atoms with Crippen molar-refractivity contribution in [2.45, 2.75) is 56.5 Å². The zero-order valence-corrected chi connectivity index (χ0v) is 28.5. The van der Waals surface area contributed by atoms with Crippen LogP contribution in [-0.2, 0) is 22.0 Å². The Labute approximate surface area is 292 Å². The van der Waals surface area contributed by atoms with Crippen molar-refractivity contribution in [3.8, 4) is 0 Å². The first-order valence-electron chi connectivity index (χ1n) is 16.6. The van der Waals surface area contributed by atoms with Gasteiger partial charge in [0.2, 0.25) is 5.91 Å². The molecule has 1 heterocycles. The molecule has 3 atom stereocenters. The molecular formula is C39H36F3N2O6P. The fourth-order valence-corrected chi connectivity index (χ4v) is 7.97. The molecule has 264 valence electrons. The summed E-state index contributed by atoms with van der Waals surface area (Å²) in [5.41, 5.74) is -1.95. The third kappa shape index (κ3) is 7.91. The second-order valence-electron chi connectivity index (χ2n) is 13.0. The minimum atomic E-state index is -5.09. The number of nitrogens with zero attached hydrogens (tertiary/aromatic N) is 1. The summed E-state index contributed by atoms with van der Waals surface area (Å²) in [6.07, 6.45) is -3.20. The molecule has 1 aliphatic heterocycles. The van der Waals surface area contributed by atoms with Gasteiger partial charge in [0.1, 0.15) is 5.66 Å². The molecule has 3 N–H and O–H groups in total. The van der Waals surface area contributed by atoms with Gasteiger partial charge in [0, 0.05) is 30.6 Å². The number of hydrogen-bond acceptors (Lipinski definition) is 4. The lowest BCUT2D eigenvalue weighted by molar-refractivity contribution is -0.137.